The molecule has 5 heteroatoms. The molecule has 1 rings (SSSR count). The highest BCUT2D eigenvalue weighted by Crippen LogP contribution is 2.18. The zero-order valence-electron chi connectivity index (χ0n) is 12.8. The molecule has 5 nitrogen and oxygen atoms in total. The molecule has 1 aliphatic carbocycles. The van der Waals surface area contributed by atoms with Crippen molar-refractivity contribution in [1.29, 1.82) is 0 Å². The van der Waals surface area contributed by atoms with E-state index in [1.54, 1.807) is 7.05 Å². The molecule has 0 saturated heterocycles. The molecule has 0 radical (unpaired) electrons. The van der Waals surface area contributed by atoms with Crippen LogP contribution in [0, 0.1) is 11.8 Å². The van der Waals surface area contributed by atoms with Gasteiger partial charge in [-0.15, -0.1) is 0 Å². The highest BCUT2D eigenvalue weighted by Gasteiger charge is 2.28. The van der Waals surface area contributed by atoms with E-state index in [0.29, 0.717) is 6.61 Å². The molecule has 20 heavy (non-hydrogen) atoms. The summed E-state index contributed by atoms with van der Waals surface area (Å²) < 4.78 is 5.30. The van der Waals surface area contributed by atoms with Crippen molar-refractivity contribution in [3.05, 3.63) is 12.2 Å². The lowest BCUT2D eigenvalue weighted by molar-refractivity contribution is -0.122. The SMILES string of the molecule is CC(=O)C(C(C)C)N(C)C(=O)OCC1C=CC(N)CC1. The molecular weight excluding hydrogens is 256 g/mol. The van der Waals surface area contributed by atoms with Gasteiger partial charge in [0.15, 0.2) is 5.78 Å². The van der Waals surface area contributed by atoms with Crippen molar-refractivity contribution < 1.29 is 14.3 Å². The zero-order valence-corrected chi connectivity index (χ0v) is 12.8. The van der Waals surface area contributed by atoms with Crippen molar-refractivity contribution in [2.24, 2.45) is 17.6 Å². The fraction of sp³-hybridized carbons (Fsp3) is 0.733. The van der Waals surface area contributed by atoms with E-state index < -0.39 is 12.1 Å². The molecule has 3 atom stereocenters. The smallest absolute Gasteiger partial charge is 0.410 e. The Labute approximate surface area is 121 Å². The van der Waals surface area contributed by atoms with Gasteiger partial charge in [0.05, 0.1) is 12.6 Å². The molecule has 0 aromatic rings. The third kappa shape index (κ3) is 4.63. The van der Waals surface area contributed by atoms with Crippen LogP contribution in [-0.4, -0.2) is 42.5 Å². The number of carbonyl (C=O) groups excluding carboxylic acids is 2. The van der Waals surface area contributed by atoms with Crippen molar-refractivity contribution in [1.82, 2.24) is 4.90 Å². The molecule has 114 valence electrons. The van der Waals surface area contributed by atoms with Crippen molar-refractivity contribution >= 4 is 11.9 Å². The Morgan fingerprint density at radius 2 is 2.00 bits per heavy atom. The Hall–Kier alpha value is -1.36. The second kappa shape index (κ2) is 7.43. The van der Waals surface area contributed by atoms with Crippen molar-refractivity contribution in [3.63, 3.8) is 0 Å². The molecule has 0 saturated carbocycles. The summed E-state index contributed by atoms with van der Waals surface area (Å²) in [6.07, 6.45) is 5.36. The number of carbonyl (C=O) groups is 2. The number of hydrogen-bond donors (Lipinski definition) is 1. The molecule has 0 fully saturated rings. The lowest BCUT2D eigenvalue weighted by Crippen LogP contribution is -2.45. The Morgan fingerprint density at radius 3 is 2.45 bits per heavy atom. The molecule has 3 unspecified atom stereocenters. The molecule has 0 aromatic heterocycles. The number of amides is 1. The molecule has 2 N–H and O–H groups in total. The van der Waals surface area contributed by atoms with Gasteiger partial charge in [0, 0.05) is 19.0 Å². The van der Waals surface area contributed by atoms with Gasteiger partial charge in [-0.3, -0.25) is 4.79 Å². The average molecular weight is 282 g/mol. The number of nitrogens with two attached hydrogens (primary N) is 1. The van der Waals surface area contributed by atoms with Crippen LogP contribution >= 0.6 is 0 Å². The van der Waals surface area contributed by atoms with Crippen LogP contribution in [0.5, 0.6) is 0 Å². The second-order valence-corrected chi connectivity index (χ2v) is 5.87. The van der Waals surface area contributed by atoms with Gasteiger partial charge in [0.1, 0.15) is 0 Å². The van der Waals surface area contributed by atoms with E-state index in [-0.39, 0.29) is 23.7 Å². The predicted octanol–water partition coefficient (Wildman–Crippen LogP) is 1.96. The lowest BCUT2D eigenvalue weighted by atomic mass is 9.94. The lowest BCUT2D eigenvalue weighted by Gasteiger charge is -2.29. The summed E-state index contributed by atoms with van der Waals surface area (Å²) >= 11 is 0. The summed E-state index contributed by atoms with van der Waals surface area (Å²) in [5.74, 6) is 0.266. The molecule has 1 aliphatic rings. The average Bonchev–Trinajstić information content (AvgIpc) is 2.36. The first-order chi connectivity index (χ1) is 9.32. The van der Waals surface area contributed by atoms with E-state index in [1.807, 2.05) is 26.0 Å². The Kier molecular flexibility index (Phi) is 6.20. The monoisotopic (exact) mass is 282 g/mol. The Balaban J connectivity index is 2.49. The summed E-state index contributed by atoms with van der Waals surface area (Å²) in [5, 5.41) is 0. The number of rotatable bonds is 5. The van der Waals surface area contributed by atoms with Crippen LogP contribution in [0.15, 0.2) is 12.2 Å². The highest BCUT2D eigenvalue weighted by molar-refractivity contribution is 5.85. The third-order valence-electron chi connectivity index (χ3n) is 3.68. The molecular formula is C15H26N2O3. The van der Waals surface area contributed by atoms with Crippen LogP contribution in [0.1, 0.15) is 33.6 Å². The van der Waals surface area contributed by atoms with Crippen LogP contribution in [0.25, 0.3) is 0 Å². The van der Waals surface area contributed by atoms with E-state index in [4.69, 9.17) is 10.5 Å². The molecule has 0 bridgehead atoms. The van der Waals surface area contributed by atoms with Crippen LogP contribution in [-0.2, 0) is 9.53 Å². The first-order valence-corrected chi connectivity index (χ1v) is 7.16. The van der Waals surface area contributed by atoms with Gasteiger partial charge in [-0.2, -0.15) is 0 Å². The normalized spacial score (nSPS) is 23.5. The topological polar surface area (TPSA) is 72.6 Å². The second-order valence-electron chi connectivity index (χ2n) is 5.87. The predicted molar refractivity (Wildman–Crippen MR) is 78.3 cm³/mol. The summed E-state index contributed by atoms with van der Waals surface area (Å²) in [6, 6.07) is -0.314. The molecule has 0 aromatic carbocycles. The van der Waals surface area contributed by atoms with Crippen LogP contribution in [0.2, 0.25) is 0 Å². The minimum Gasteiger partial charge on any atom is -0.449 e. The quantitative estimate of drug-likeness (QED) is 0.782. The van der Waals surface area contributed by atoms with Crippen molar-refractivity contribution in [2.75, 3.05) is 13.7 Å². The number of likely N-dealkylation sites (N-methyl/N-ethyl adjacent to an activating group) is 1. The third-order valence-corrected chi connectivity index (χ3v) is 3.68. The van der Waals surface area contributed by atoms with Crippen LogP contribution in [0.4, 0.5) is 4.79 Å². The number of Topliss-reactive ketones (excluding diaryl/α,β-unsaturated/α-hetero) is 1. The molecule has 0 aliphatic heterocycles. The van der Waals surface area contributed by atoms with E-state index in [2.05, 4.69) is 0 Å². The van der Waals surface area contributed by atoms with Gasteiger partial charge < -0.3 is 15.4 Å². The summed E-state index contributed by atoms with van der Waals surface area (Å²) in [7, 11) is 1.61. The molecule has 0 heterocycles. The van der Waals surface area contributed by atoms with Gasteiger partial charge in [0.25, 0.3) is 0 Å². The first-order valence-electron chi connectivity index (χ1n) is 7.16. The highest BCUT2D eigenvalue weighted by atomic mass is 16.6. The maximum absolute atomic E-state index is 12.0. The fourth-order valence-electron chi connectivity index (χ4n) is 2.62. The van der Waals surface area contributed by atoms with Crippen molar-refractivity contribution in [3.8, 4) is 0 Å². The van der Waals surface area contributed by atoms with Gasteiger partial charge in [-0.25, -0.2) is 4.79 Å². The van der Waals surface area contributed by atoms with Crippen molar-refractivity contribution in [2.45, 2.75) is 45.7 Å². The van der Waals surface area contributed by atoms with Crippen LogP contribution < -0.4 is 5.73 Å². The largest absolute Gasteiger partial charge is 0.449 e. The van der Waals surface area contributed by atoms with Gasteiger partial charge in [0.2, 0.25) is 0 Å². The Morgan fingerprint density at radius 1 is 1.35 bits per heavy atom. The summed E-state index contributed by atoms with van der Waals surface area (Å²) in [5.41, 5.74) is 5.77. The van der Waals surface area contributed by atoms with E-state index in [1.165, 1.54) is 11.8 Å². The number of ketones is 1. The summed E-state index contributed by atoms with van der Waals surface area (Å²) in [4.78, 5) is 25.0. The van der Waals surface area contributed by atoms with E-state index in [0.717, 1.165) is 12.8 Å². The maximum Gasteiger partial charge on any atom is 0.410 e. The summed E-state index contributed by atoms with van der Waals surface area (Å²) in [6.45, 7) is 5.68. The van der Waals surface area contributed by atoms with E-state index in [9.17, 15) is 9.59 Å². The first kappa shape index (κ1) is 16.7. The maximum atomic E-state index is 12.0. The minimum atomic E-state index is -0.442. The number of hydrogen-bond acceptors (Lipinski definition) is 4. The van der Waals surface area contributed by atoms with Gasteiger partial charge in [-0.05, 0) is 25.7 Å². The standard InChI is InChI=1S/C15H26N2O3/c1-10(2)14(11(3)18)17(4)15(19)20-9-12-5-7-13(16)8-6-12/h5,7,10,12-14H,6,8-9,16H2,1-4H3. The minimum absolute atomic E-state index is 0.0250. The fourth-order valence-corrected chi connectivity index (χ4v) is 2.62. The molecule has 1 amide bonds. The molecule has 0 spiro atoms. The van der Waals surface area contributed by atoms with Gasteiger partial charge in [-0.1, -0.05) is 26.0 Å². The number of nitrogens with zero attached hydrogens (tertiary/aromatic N) is 1. The van der Waals surface area contributed by atoms with Crippen LogP contribution in [0.3, 0.4) is 0 Å². The van der Waals surface area contributed by atoms with E-state index >= 15 is 0 Å². The Bertz CT molecular complexity index is 379. The number of ether oxygens (including phenoxy) is 1. The van der Waals surface area contributed by atoms with Gasteiger partial charge >= 0.3 is 6.09 Å². The zero-order chi connectivity index (χ0) is 15.3.